The van der Waals surface area contributed by atoms with E-state index in [1.807, 2.05) is 17.8 Å². The first-order chi connectivity index (χ1) is 15.3. The lowest BCUT2D eigenvalue weighted by molar-refractivity contribution is 0.0915. The average Bonchev–Trinajstić information content (AvgIpc) is 3.15. The summed E-state index contributed by atoms with van der Waals surface area (Å²) in [4.78, 5) is 7.90. The number of fused-ring (bicyclic) bond motifs is 2. The van der Waals surface area contributed by atoms with Gasteiger partial charge in [0.05, 0.1) is 11.4 Å². The van der Waals surface area contributed by atoms with Crippen LogP contribution in [0.4, 0.5) is 11.4 Å². The van der Waals surface area contributed by atoms with Gasteiger partial charge >= 0.3 is 0 Å². The minimum atomic E-state index is 0. The van der Waals surface area contributed by atoms with Gasteiger partial charge in [0.1, 0.15) is 0 Å². The first-order valence-corrected chi connectivity index (χ1v) is 13.6. The molecule has 2 heterocycles. The molecule has 180 valence electrons. The van der Waals surface area contributed by atoms with Crippen LogP contribution < -0.4 is 4.90 Å². The molecule has 0 unspecified atom stereocenters. The van der Waals surface area contributed by atoms with Crippen molar-refractivity contribution in [2.24, 2.45) is 16.7 Å². The second-order valence-electron chi connectivity index (χ2n) is 11.4. The first kappa shape index (κ1) is 25.2. The molecule has 5 heteroatoms. The molecule has 0 atom stereocenters. The molecule has 0 radical (unpaired) electrons. The highest BCUT2D eigenvalue weighted by Gasteiger charge is 2.42. The summed E-state index contributed by atoms with van der Waals surface area (Å²) >= 11 is 8.24. The smallest absolute Gasteiger partial charge is 0.0567 e. The van der Waals surface area contributed by atoms with Gasteiger partial charge in [0.2, 0.25) is 0 Å². The normalized spacial score (nSPS) is 25.0. The average molecular weight is 506 g/mol. The molecule has 5 rings (SSSR count). The third-order valence-corrected chi connectivity index (χ3v) is 9.60. The van der Waals surface area contributed by atoms with Crippen LogP contribution in [-0.2, 0) is 0 Å². The van der Waals surface area contributed by atoms with Crippen molar-refractivity contribution in [3.8, 4) is 0 Å². The molecule has 2 fully saturated rings. The van der Waals surface area contributed by atoms with Crippen LogP contribution in [0.15, 0.2) is 52.3 Å². The van der Waals surface area contributed by atoms with Crippen LogP contribution >= 0.6 is 35.8 Å². The third kappa shape index (κ3) is 5.37. The number of hydrogen-bond acceptors (Lipinski definition) is 3. The maximum Gasteiger partial charge on any atom is 0.0567 e. The van der Waals surface area contributed by atoms with E-state index in [1.54, 1.807) is 0 Å². The fourth-order valence-electron chi connectivity index (χ4n) is 6.22. The molecule has 3 aliphatic rings. The van der Waals surface area contributed by atoms with Crippen molar-refractivity contribution in [2.45, 2.75) is 69.1 Å². The van der Waals surface area contributed by atoms with Crippen LogP contribution in [-0.4, -0.2) is 31.1 Å². The Bertz CT molecular complexity index is 963. The van der Waals surface area contributed by atoms with Gasteiger partial charge in [-0.25, -0.2) is 0 Å². The summed E-state index contributed by atoms with van der Waals surface area (Å²) in [6.45, 7) is 12.1. The molecular formula is C28H38Cl2N2S. The number of nitrogens with zero attached hydrogens (tertiary/aromatic N) is 2. The molecule has 1 saturated carbocycles. The van der Waals surface area contributed by atoms with E-state index in [-0.39, 0.29) is 12.4 Å². The summed E-state index contributed by atoms with van der Waals surface area (Å²) in [7, 11) is 0. The van der Waals surface area contributed by atoms with Gasteiger partial charge in [-0.15, -0.1) is 12.4 Å². The van der Waals surface area contributed by atoms with Gasteiger partial charge in [-0.1, -0.05) is 56.3 Å². The summed E-state index contributed by atoms with van der Waals surface area (Å²) in [6, 6.07) is 15.1. The van der Waals surface area contributed by atoms with E-state index in [1.165, 1.54) is 79.3 Å². The molecule has 2 nitrogen and oxygen atoms in total. The molecule has 2 aliphatic heterocycles. The highest BCUT2D eigenvalue weighted by molar-refractivity contribution is 7.99. The largest absolute Gasteiger partial charge is 0.340 e. The van der Waals surface area contributed by atoms with Crippen molar-refractivity contribution < 1.29 is 0 Å². The Labute approximate surface area is 215 Å². The quantitative estimate of drug-likeness (QED) is 0.410. The molecule has 0 N–H and O–H groups in total. The Hall–Kier alpha value is -0.870. The van der Waals surface area contributed by atoms with Crippen LogP contribution in [0.1, 0.15) is 59.3 Å². The van der Waals surface area contributed by atoms with E-state index in [2.05, 4.69) is 67.0 Å². The van der Waals surface area contributed by atoms with Crippen LogP contribution in [0.25, 0.3) is 0 Å². The van der Waals surface area contributed by atoms with Gasteiger partial charge in [-0.3, -0.25) is 0 Å². The molecule has 1 spiro atoms. The number of benzene rings is 2. The Morgan fingerprint density at radius 2 is 1.70 bits per heavy atom. The lowest BCUT2D eigenvalue weighted by Crippen LogP contribution is -2.35. The molecular weight excluding hydrogens is 467 g/mol. The molecule has 2 aromatic rings. The van der Waals surface area contributed by atoms with Crippen molar-refractivity contribution in [3.05, 3.63) is 47.5 Å². The second kappa shape index (κ2) is 10.0. The summed E-state index contributed by atoms with van der Waals surface area (Å²) in [5, 5.41) is 0.820. The van der Waals surface area contributed by atoms with Gasteiger partial charge in [-0.05, 0) is 98.7 Å². The Morgan fingerprint density at radius 3 is 2.45 bits per heavy atom. The van der Waals surface area contributed by atoms with Crippen LogP contribution in [0, 0.1) is 16.7 Å². The summed E-state index contributed by atoms with van der Waals surface area (Å²) < 4.78 is 0. The van der Waals surface area contributed by atoms with Gasteiger partial charge in [0, 0.05) is 27.9 Å². The van der Waals surface area contributed by atoms with Crippen LogP contribution in [0.5, 0.6) is 0 Å². The number of rotatable bonds is 4. The van der Waals surface area contributed by atoms with Crippen molar-refractivity contribution >= 4 is 47.1 Å². The van der Waals surface area contributed by atoms with Crippen molar-refractivity contribution in [2.75, 3.05) is 31.1 Å². The zero-order chi connectivity index (χ0) is 22.3. The van der Waals surface area contributed by atoms with Crippen molar-refractivity contribution in [1.29, 1.82) is 0 Å². The van der Waals surface area contributed by atoms with E-state index in [4.69, 9.17) is 11.6 Å². The summed E-state index contributed by atoms with van der Waals surface area (Å²) in [6.07, 6.45) is 8.33. The molecule has 1 aliphatic carbocycles. The monoisotopic (exact) mass is 504 g/mol. The van der Waals surface area contributed by atoms with E-state index in [9.17, 15) is 0 Å². The minimum Gasteiger partial charge on any atom is -0.340 e. The van der Waals surface area contributed by atoms with Gasteiger partial charge < -0.3 is 9.80 Å². The molecule has 0 amide bonds. The first-order valence-electron chi connectivity index (χ1n) is 12.4. The SMILES string of the molecule is CC(C)(C)C1CCC2(CC1)CCN(CCCN1c3ccccc3Sc3ccc(Cl)cc31)C2.Cl. The highest BCUT2D eigenvalue weighted by atomic mass is 35.5. The zero-order valence-corrected chi connectivity index (χ0v) is 22.7. The molecule has 1 saturated heterocycles. The maximum atomic E-state index is 6.38. The molecule has 2 aromatic carbocycles. The van der Waals surface area contributed by atoms with Gasteiger partial charge in [0.25, 0.3) is 0 Å². The van der Waals surface area contributed by atoms with Crippen molar-refractivity contribution in [1.82, 2.24) is 4.90 Å². The van der Waals surface area contributed by atoms with Crippen molar-refractivity contribution in [3.63, 3.8) is 0 Å². The predicted octanol–water partition coefficient (Wildman–Crippen LogP) is 8.68. The standard InChI is InChI=1S/C28H37ClN2S.ClH/c1-27(2,3)21-11-13-28(14-12-21)15-18-30(20-28)16-6-17-31-23-7-4-5-8-25(23)32-26-10-9-22(29)19-24(26)31;/h4-5,7-10,19,21H,6,11-18,20H2,1-3H3;1H. The second-order valence-corrected chi connectivity index (χ2v) is 12.9. The van der Waals surface area contributed by atoms with Crippen LogP contribution in [0.2, 0.25) is 5.02 Å². The van der Waals surface area contributed by atoms with E-state index in [0.717, 1.165) is 17.5 Å². The molecule has 33 heavy (non-hydrogen) atoms. The lowest BCUT2D eigenvalue weighted by atomic mass is 9.64. The molecule has 0 bridgehead atoms. The summed E-state index contributed by atoms with van der Waals surface area (Å²) in [5.41, 5.74) is 3.67. The van der Waals surface area contributed by atoms with Crippen LogP contribution in [0.3, 0.4) is 0 Å². The Kier molecular flexibility index (Phi) is 7.65. The summed E-state index contributed by atoms with van der Waals surface area (Å²) in [5.74, 6) is 0.908. The topological polar surface area (TPSA) is 6.48 Å². The third-order valence-electron chi connectivity index (χ3n) is 8.23. The maximum absolute atomic E-state index is 6.38. The number of hydrogen-bond donors (Lipinski definition) is 0. The Balaban J connectivity index is 0.00000259. The van der Waals surface area contributed by atoms with E-state index >= 15 is 0 Å². The number of halogens is 2. The van der Waals surface area contributed by atoms with E-state index in [0.29, 0.717) is 10.8 Å². The van der Waals surface area contributed by atoms with E-state index < -0.39 is 0 Å². The number of likely N-dealkylation sites (tertiary alicyclic amines) is 1. The van der Waals surface area contributed by atoms with Gasteiger partial charge in [0.15, 0.2) is 0 Å². The Morgan fingerprint density at radius 1 is 0.970 bits per heavy atom. The minimum absolute atomic E-state index is 0. The molecule has 0 aromatic heterocycles. The number of para-hydroxylation sites is 1. The van der Waals surface area contributed by atoms with Gasteiger partial charge in [-0.2, -0.15) is 0 Å². The fraction of sp³-hybridized carbons (Fsp3) is 0.571. The lowest BCUT2D eigenvalue weighted by Gasteiger charge is -2.42. The zero-order valence-electron chi connectivity index (χ0n) is 20.3. The highest BCUT2D eigenvalue weighted by Crippen LogP contribution is 2.50. The predicted molar refractivity (Wildman–Crippen MR) is 146 cm³/mol. The fourth-order valence-corrected chi connectivity index (χ4v) is 7.46. The number of anilines is 2.